The third-order valence-corrected chi connectivity index (χ3v) is 2.69. The molecule has 2 rings (SSSR count). The van der Waals surface area contributed by atoms with Crippen molar-refractivity contribution in [3.63, 3.8) is 0 Å². The number of unbranched alkanes of at least 4 members (excludes halogenated alkanes) is 1. The lowest BCUT2D eigenvalue weighted by atomic mass is 10.3. The van der Waals surface area contributed by atoms with Crippen molar-refractivity contribution in [2.24, 2.45) is 0 Å². The van der Waals surface area contributed by atoms with Gasteiger partial charge in [0.05, 0.1) is 12.3 Å². The van der Waals surface area contributed by atoms with E-state index >= 15 is 0 Å². The van der Waals surface area contributed by atoms with Gasteiger partial charge in [0.1, 0.15) is 12.2 Å². The van der Waals surface area contributed by atoms with Crippen molar-refractivity contribution >= 4 is 5.97 Å². The SMILES string of the molecule is CCCCOc1ccc(-n2nnnc2CC(=O)O)cc1. The van der Waals surface area contributed by atoms with Crippen LogP contribution in [0.4, 0.5) is 0 Å². The summed E-state index contributed by atoms with van der Waals surface area (Å²) < 4.78 is 6.97. The Morgan fingerprint density at radius 1 is 1.35 bits per heavy atom. The molecule has 0 fully saturated rings. The first-order valence-corrected chi connectivity index (χ1v) is 6.43. The first-order valence-electron chi connectivity index (χ1n) is 6.43. The Morgan fingerprint density at radius 3 is 2.75 bits per heavy atom. The van der Waals surface area contributed by atoms with Crippen molar-refractivity contribution in [2.45, 2.75) is 26.2 Å². The van der Waals surface area contributed by atoms with Crippen LogP contribution >= 0.6 is 0 Å². The number of hydrogen-bond acceptors (Lipinski definition) is 5. The number of hydrogen-bond donors (Lipinski definition) is 1. The van der Waals surface area contributed by atoms with Crippen LogP contribution in [0.5, 0.6) is 5.75 Å². The average Bonchev–Trinajstić information content (AvgIpc) is 2.87. The maximum Gasteiger partial charge on any atom is 0.311 e. The van der Waals surface area contributed by atoms with Crippen LogP contribution in [-0.2, 0) is 11.2 Å². The van der Waals surface area contributed by atoms with Gasteiger partial charge >= 0.3 is 5.97 Å². The number of benzene rings is 1. The molecule has 1 N–H and O–H groups in total. The van der Waals surface area contributed by atoms with E-state index in [-0.39, 0.29) is 12.2 Å². The van der Waals surface area contributed by atoms with Gasteiger partial charge in [0, 0.05) is 0 Å². The summed E-state index contributed by atoms with van der Waals surface area (Å²) in [6, 6.07) is 7.22. The van der Waals surface area contributed by atoms with Crippen LogP contribution in [0.1, 0.15) is 25.6 Å². The van der Waals surface area contributed by atoms with E-state index in [0.717, 1.165) is 18.6 Å². The molecule has 1 aromatic carbocycles. The molecular weight excluding hydrogens is 260 g/mol. The number of tetrazole rings is 1. The summed E-state index contributed by atoms with van der Waals surface area (Å²) in [5.41, 5.74) is 0.703. The minimum atomic E-state index is -0.972. The van der Waals surface area contributed by atoms with Crippen LogP contribution in [0.3, 0.4) is 0 Å². The van der Waals surface area contributed by atoms with Crippen LogP contribution in [0.15, 0.2) is 24.3 Å². The predicted molar refractivity (Wildman–Crippen MR) is 70.9 cm³/mol. The van der Waals surface area contributed by atoms with Crippen molar-refractivity contribution in [2.75, 3.05) is 6.61 Å². The molecule has 0 amide bonds. The second-order valence-corrected chi connectivity index (χ2v) is 4.27. The minimum Gasteiger partial charge on any atom is -0.494 e. The van der Waals surface area contributed by atoms with Gasteiger partial charge in [-0.3, -0.25) is 4.79 Å². The summed E-state index contributed by atoms with van der Waals surface area (Å²) in [6.07, 6.45) is 1.88. The summed E-state index contributed by atoms with van der Waals surface area (Å²) in [4.78, 5) is 10.7. The molecule has 20 heavy (non-hydrogen) atoms. The molecule has 0 aliphatic carbocycles. The van der Waals surface area contributed by atoms with Crippen molar-refractivity contribution in [3.8, 4) is 11.4 Å². The number of carbonyl (C=O) groups is 1. The predicted octanol–water partition coefficient (Wildman–Crippen LogP) is 1.47. The van der Waals surface area contributed by atoms with E-state index in [4.69, 9.17) is 9.84 Å². The molecule has 0 saturated heterocycles. The zero-order valence-corrected chi connectivity index (χ0v) is 11.2. The fourth-order valence-electron chi connectivity index (χ4n) is 1.67. The van der Waals surface area contributed by atoms with Gasteiger partial charge in [-0.2, -0.15) is 4.68 Å². The van der Waals surface area contributed by atoms with Crippen LogP contribution in [0, 0.1) is 0 Å². The molecule has 0 radical (unpaired) electrons. The zero-order chi connectivity index (χ0) is 14.4. The molecule has 2 aromatic rings. The monoisotopic (exact) mass is 276 g/mol. The molecule has 0 unspecified atom stereocenters. The Bertz CT molecular complexity index is 565. The van der Waals surface area contributed by atoms with Gasteiger partial charge in [0.15, 0.2) is 5.82 Å². The zero-order valence-electron chi connectivity index (χ0n) is 11.2. The highest BCUT2D eigenvalue weighted by atomic mass is 16.5. The largest absolute Gasteiger partial charge is 0.494 e. The molecule has 106 valence electrons. The minimum absolute atomic E-state index is 0.220. The molecule has 1 heterocycles. The Hall–Kier alpha value is -2.44. The van der Waals surface area contributed by atoms with Gasteiger partial charge < -0.3 is 9.84 Å². The summed E-state index contributed by atoms with van der Waals surface area (Å²) in [5, 5.41) is 19.8. The highest BCUT2D eigenvalue weighted by molar-refractivity contribution is 5.69. The number of nitrogens with zero attached hydrogens (tertiary/aromatic N) is 4. The average molecular weight is 276 g/mol. The molecule has 0 bridgehead atoms. The number of carboxylic acid groups (broad SMARTS) is 1. The number of carboxylic acids is 1. The van der Waals surface area contributed by atoms with E-state index in [2.05, 4.69) is 22.4 Å². The van der Waals surface area contributed by atoms with Crippen LogP contribution < -0.4 is 4.74 Å². The van der Waals surface area contributed by atoms with E-state index in [0.29, 0.717) is 12.3 Å². The van der Waals surface area contributed by atoms with E-state index in [9.17, 15) is 4.79 Å². The summed E-state index contributed by atoms with van der Waals surface area (Å²) in [5.74, 6) is 0.0905. The first kappa shape index (κ1) is 14.0. The fraction of sp³-hybridized carbons (Fsp3) is 0.385. The van der Waals surface area contributed by atoms with Gasteiger partial charge in [-0.1, -0.05) is 13.3 Å². The van der Waals surface area contributed by atoms with E-state index in [1.165, 1.54) is 4.68 Å². The molecular formula is C13H16N4O3. The molecule has 1 aromatic heterocycles. The lowest BCUT2D eigenvalue weighted by Crippen LogP contribution is -2.09. The molecule has 0 spiro atoms. The summed E-state index contributed by atoms with van der Waals surface area (Å²) in [6.45, 7) is 2.79. The van der Waals surface area contributed by atoms with Crippen molar-refractivity contribution < 1.29 is 14.6 Å². The highest BCUT2D eigenvalue weighted by Crippen LogP contribution is 2.16. The molecule has 0 aliphatic rings. The molecule has 7 heteroatoms. The number of rotatable bonds is 7. The van der Waals surface area contributed by atoms with Crippen molar-refractivity contribution in [1.82, 2.24) is 20.2 Å². The number of ether oxygens (including phenoxy) is 1. The third-order valence-electron chi connectivity index (χ3n) is 2.69. The molecule has 0 atom stereocenters. The number of aliphatic carboxylic acids is 1. The second kappa shape index (κ2) is 6.65. The van der Waals surface area contributed by atoms with Crippen molar-refractivity contribution in [1.29, 1.82) is 0 Å². The van der Waals surface area contributed by atoms with Gasteiger partial charge in [0.2, 0.25) is 0 Å². The Labute approximate surface area is 116 Å². The van der Waals surface area contributed by atoms with Gasteiger partial charge in [-0.05, 0) is 41.1 Å². The van der Waals surface area contributed by atoms with Crippen LogP contribution in [0.2, 0.25) is 0 Å². The van der Waals surface area contributed by atoms with Crippen molar-refractivity contribution in [3.05, 3.63) is 30.1 Å². The lowest BCUT2D eigenvalue weighted by Gasteiger charge is -2.07. The smallest absolute Gasteiger partial charge is 0.311 e. The standard InChI is InChI=1S/C13H16N4O3/c1-2-3-8-20-11-6-4-10(5-7-11)17-12(9-13(18)19)14-15-16-17/h4-7H,2-3,8-9H2,1H3,(H,18,19). The van der Waals surface area contributed by atoms with Crippen LogP contribution in [0.25, 0.3) is 5.69 Å². The molecule has 7 nitrogen and oxygen atoms in total. The summed E-state index contributed by atoms with van der Waals surface area (Å²) in [7, 11) is 0. The van der Waals surface area contributed by atoms with Crippen LogP contribution in [-0.4, -0.2) is 37.9 Å². The quantitative estimate of drug-likeness (QED) is 0.770. The van der Waals surface area contributed by atoms with Gasteiger partial charge in [0.25, 0.3) is 0 Å². The Morgan fingerprint density at radius 2 is 2.10 bits per heavy atom. The highest BCUT2D eigenvalue weighted by Gasteiger charge is 2.11. The van der Waals surface area contributed by atoms with Gasteiger partial charge in [-0.25, -0.2) is 0 Å². The molecule has 0 saturated carbocycles. The Balaban J connectivity index is 2.09. The summed E-state index contributed by atoms with van der Waals surface area (Å²) >= 11 is 0. The topological polar surface area (TPSA) is 90.1 Å². The van der Waals surface area contributed by atoms with E-state index in [1.807, 2.05) is 12.1 Å². The first-order chi connectivity index (χ1) is 9.70. The third kappa shape index (κ3) is 3.53. The van der Waals surface area contributed by atoms with E-state index < -0.39 is 5.97 Å². The maximum absolute atomic E-state index is 10.7. The normalized spacial score (nSPS) is 10.4. The number of aromatic nitrogens is 4. The second-order valence-electron chi connectivity index (χ2n) is 4.27. The molecule has 0 aliphatic heterocycles. The lowest BCUT2D eigenvalue weighted by molar-refractivity contribution is -0.136. The fourth-order valence-corrected chi connectivity index (χ4v) is 1.67. The Kier molecular flexibility index (Phi) is 4.65. The van der Waals surface area contributed by atoms with Gasteiger partial charge in [-0.15, -0.1) is 5.10 Å². The maximum atomic E-state index is 10.7. The van der Waals surface area contributed by atoms with E-state index in [1.54, 1.807) is 12.1 Å².